The first-order chi connectivity index (χ1) is 10.8. The average Bonchev–Trinajstić information content (AvgIpc) is 3.10. The zero-order valence-electron chi connectivity index (χ0n) is 12.4. The van der Waals surface area contributed by atoms with E-state index in [0.717, 1.165) is 12.8 Å². The Morgan fingerprint density at radius 2 is 1.91 bits per heavy atom. The number of amides is 2. The van der Waals surface area contributed by atoms with Gasteiger partial charge in [-0.2, -0.15) is 0 Å². The predicted octanol–water partition coefficient (Wildman–Crippen LogP) is 1.28. The highest BCUT2D eigenvalue weighted by atomic mass is 16.5. The van der Waals surface area contributed by atoms with Gasteiger partial charge in [-0.25, -0.2) is 0 Å². The van der Waals surface area contributed by atoms with Crippen LogP contribution in [0.3, 0.4) is 0 Å². The van der Waals surface area contributed by atoms with Crippen LogP contribution in [0.25, 0.3) is 0 Å². The third-order valence-corrected chi connectivity index (χ3v) is 3.94. The topological polar surface area (TPSA) is 67.9 Å². The van der Waals surface area contributed by atoms with Crippen LogP contribution in [0.1, 0.15) is 23.2 Å². The number of morpholine rings is 1. The van der Waals surface area contributed by atoms with Gasteiger partial charge in [0, 0.05) is 19.7 Å². The molecule has 1 N–H and O–H groups in total. The molecule has 3 rings (SSSR count). The molecule has 118 valence electrons. The lowest BCUT2D eigenvalue weighted by Gasteiger charge is -2.27. The molecule has 1 atom stereocenters. The molecule has 0 unspecified atom stereocenters. The fraction of sp³-hybridized carbons (Fsp3) is 0.500. The van der Waals surface area contributed by atoms with Crippen molar-refractivity contribution in [2.75, 3.05) is 38.2 Å². The molecule has 0 saturated carbocycles. The molecule has 1 aromatic rings. The molecular weight excluding hydrogens is 284 g/mol. The maximum atomic E-state index is 12.6. The Bertz CT molecular complexity index is 549. The molecule has 6 heteroatoms. The SMILES string of the molecule is O=C(Nc1ccccc1C(=O)N1CCOCC1)[C@@H]1CCCO1. The van der Waals surface area contributed by atoms with Crippen LogP contribution in [0.4, 0.5) is 5.69 Å². The van der Waals surface area contributed by atoms with Crippen molar-refractivity contribution in [2.24, 2.45) is 0 Å². The van der Waals surface area contributed by atoms with Crippen LogP contribution < -0.4 is 5.32 Å². The average molecular weight is 304 g/mol. The van der Waals surface area contributed by atoms with Gasteiger partial charge in [-0.05, 0) is 25.0 Å². The van der Waals surface area contributed by atoms with E-state index in [2.05, 4.69) is 5.32 Å². The molecule has 0 spiro atoms. The van der Waals surface area contributed by atoms with Gasteiger partial charge >= 0.3 is 0 Å². The van der Waals surface area contributed by atoms with E-state index in [1.165, 1.54) is 0 Å². The van der Waals surface area contributed by atoms with E-state index in [0.29, 0.717) is 44.2 Å². The summed E-state index contributed by atoms with van der Waals surface area (Å²) in [5.41, 5.74) is 1.05. The Morgan fingerprint density at radius 3 is 2.64 bits per heavy atom. The van der Waals surface area contributed by atoms with Crippen molar-refractivity contribution in [3.63, 3.8) is 0 Å². The molecule has 0 aromatic heterocycles. The predicted molar refractivity (Wildman–Crippen MR) is 80.8 cm³/mol. The normalized spacial score (nSPS) is 21.6. The largest absolute Gasteiger partial charge is 0.378 e. The van der Waals surface area contributed by atoms with E-state index in [1.807, 2.05) is 0 Å². The number of carbonyl (C=O) groups is 2. The Hall–Kier alpha value is -1.92. The van der Waals surface area contributed by atoms with Gasteiger partial charge in [0.25, 0.3) is 11.8 Å². The summed E-state index contributed by atoms with van der Waals surface area (Å²) in [4.78, 5) is 26.5. The van der Waals surface area contributed by atoms with Crippen LogP contribution >= 0.6 is 0 Å². The van der Waals surface area contributed by atoms with Gasteiger partial charge in [0.05, 0.1) is 24.5 Å². The van der Waals surface area contributed by atoms with Crippen LogP contribution in [0.15, 0.2) is 24.3 Å². The first-order valence-corrected chi connectivity index (χ1v) is 7.64. The van der Waals surface area contributed by atoms with E-state index >= 15 is 0 Å². The van der Waals surface area contributed by atoms with Crippen LogP contribution in [0, 0.1) is 0 Å². The summed E-state index contributed by atoms with van der Waals surface area (Å²) < 4.78 is 10.6. The monoisotopic (exact) mass is 304 g/mol. The van der Waals surface area contributed by atoms with E-state index in [9.17, 15) is 9.59 Å². The number of ether oxygens (including phenoxy) is 2. The molecule has 0 bridgehead atoms. The van der Waals surface area contributed by atoms with Crippen LogP contribution in [-0.4, -0.2) is 55.7 Å². The fourth-order valence-corrected chi connectivity index (χ4v) is 2.71. The molecule has 22 heavy (non-hydrogen) atoms. The molecule has 2 aliphatic rings. The second-order valence-electron chi connectivity index (χ2n) is 5.44. The molecular formula is C16H20N2O4. The minimum Gasteiger partial charge on any atom is -0.378 e. The number of rotatable bonds is 3. The molecule has 2 fully saturated rings. The molecule has 0 aliphatic carbocycles. The highest BCUT2D eigenvalue weighted by Gasteiger charge is 2.26. The van der Waals surface area contributed by atoms with Crippen molar-refractivity contribution < 1.29 is 19.1 Å². The number of hydrogen-bond acceptors (Lipinski definition) is 4. The van der Waals surface area contributed by atoms with E-state index < -0.39 is 6.10 Å². The Morgan fingerprint density at radius 1 is 1.14 bits per heavy atom. The number of hydrogen-bond donors (Lipinski definition) is 1. The number of anilines is 1. The molecule has 2 heterocycles. The third kappa shape index (κ3) is 3.28. The van der Waals surface area contributed by atoms with Gasteiger partial charge in [0.1, 0.15) is 6.10 Å². The quantitative estimate of drug-likeness (QED) is 0.913. The molecule has 2 aliphatic heterocycles. The van der Waals surface area contributed by atoms with Gasteiger partial charge in [0.2, 0.25) is 0 Å². The van der Waals surface area contributed by atoms with Crippen LogP contribution in [-0.2, 0) is 14.3 Å². The van der Waals surface area contributed by atoms with Crippen molar-refractivity contribution in [2.45, 2.75) is 18.9 Å². The number of nitrogens with one attached hydrogen (secondary N) is 1. The molecule has 2 saturated heterocycles. The minimum absolute atomic E-state index is 0.0773. The smallest absolute Gasteiger partial charge is 0.256 e. The second-order valence-corrected chi connectivity index (χ2v) is 5.44. The van der Waals surface area contributed by atoms with Gasteiger partial charge in [-0.15, -0.1) is 0 Å². The van der Waals surface area contributed by atoms with Crippen molar-refractivity contribution in [1.29, 1.82) is 0 Å². The van der Waals surface area contributed by atoms with Crippen LogP contribution in [0.2, 0.25) is 0 Å². The van der Waals surface area contributed by atoms with Crippen molar-refractivity contribution >= 4 is 17.5 Å². The Labute approximate surface area is 129 Å². The zero-order chi connectivity index (χ0) is 15.4. The first-order valence-electron chi connectivity index (χ1n) is 7.64. The first kappa shape index (κ1) is 15.0. The van der Waals surface area contributed by atoms with Gasteiger partial charge in [-0.3, -0.25) is 9.59 Å². The summed E-state index contributed by atoms with van der Waals surface area (Å²) in [6, 6.07) is 7.10. The fourth-order valence-electron chi connectivity index (χ4n) is 2.71. The number of carbonyl (C=O) groups excluding carboxylic acids is 2. The van der Waals surface area contributed by atoms with Gasteiger partial charge in [-0.1, -0.05) is 12.1 Å². The maximum Gasteiger partial charge on any atom is 0.256 e. The van der Waals surface area contributed by atoms with E-state index in [-0.39, 0.29) is 11.8 Å². The molecule has 0 radical (unpaired) electrons. The van der Waals surface area contributed by atoms with Gasteiger partial charge < -0.3 is 19.7 Å². The molecule has 2 amide bonds. The number of nitrogens with zero attached hydrogens (tertiary/aromatic N) is 1. The number of benzene rings is 1. The summed E-state index contributed by atoms with van der Waals surface area (Å²) in [6.07, 6.45) is 1.21. The second kappa shape index (κ2) is 6.89. The Kier molecular flexibility index (Phi) is 4.70. The van der Waals surface area contributed by atoms with E-state index in [4.69, 9.17) is 9.47 Å². The Balaban J connectivity index is 1.74. The molecule has 6 nitrogen and oxygen atoms in total. The highest BCUT2D eigenvalue weighted by molar-refractivity contribution is 6.04. The summed E-state index contributed by atoms with van der Waals surface area (Å²) in [7, 11) is 0. The molecule has 1 aromatic carbocycles. The summed E-state index contributed by atoms with van der Waals surface area (Å²) in [5.74, 6) is -0.258. The third-order valence-electron chi connectivity index (χ3n) is 3.94. The van der Waals surface area contributed by atoms with Crippen molar-refractivity contribution in [3.8, 4) is 0 Å². The lowest BCUT2D eigenvalue weighted by molar-refractivity contribution is -0.124. The van der Waals surface area contributed by atoms with Gasteiger partial charge in [0.15, 0.2) is 0 Å². The van der Waals surface area contributed by atoms with Crippen LogP contribution in [0.5, 0.6) is 0 Å². The number of para-hydroxylation sites is 1. The van der Waals surface area contributed by atoms with E-state index in [1.54, 1.807) is 29.2 Å². The minimum atomic E-state index is -0.411. The lowest BCUT2D eigenvalue weighted by atomic mass is 10.1. The zero-order valence-corrected chi connectivity index (χ0v) is 12.4. The summed E-state index contributed by atoms with van der Waals surface area (Å²) in [5, 5.41) is 2.83. The highest BCUT2D eigenvalue weighted by Crippen LogP contribution is 2.20. The van der Waals surface area contributed by atoms with Crippen molar-refractivity contribution in [1.82, 2.24) is 4.90 Å². The summed E-state index contributed by atoms with van der Waals surface area (Å²) >= 11 is 0. The van der Waals surface area contributed by atoms with Crippen molar-refractivity contribution in [3.05, 3.63) is 29.8 Å². The summed E-state index contributed by atoms with van der Waals surface area (Å²) in [6.45, 7) is 2.87. The lowest BCUT2D eigenvalue weighted by Crippen LogP contribution is -2.41. The maximum absolute atomic E-state index is 12.6. The standard InChI is InChI=1S/C16H20N2O4/c19-15(14-6-3-9-22-14)17-13-5-2-1-4-12(13)16(20)18-7-10-21-11-8-18/h1-2,4-5,14H,3,6-11H2,(H,17,19)/t14-/m0/s1.